The molecule has 0 radical (unpaired) electrons. The minimum atomic E-state index is -0.648. The van der Waals surface area contributed by atoms with Crippen LogP contribution < -0.4 is 10.6 Å². The summed E-state index contributed by atoms with van der Waals surface area (Å²) in [6, 6.07) is 3.13. The van der Waals surface area contributed by atoms with Crippen molar-refractivity contribution in [2.75, 3.05) is 24.6 Å². The highest BCUT2D eigenvalue weighted by Crippen LogP contribution is 2.32. The van der Waals surface area contributed by atoms with Gasteiger partial charge in [0.05, 0.1) is 23.1 Å². The smallest absolute Gasteiger partial charge is 0.326 e. The summed E-state index contributed by atoms with van der Waals surface area (Å²) in [5.74, 6) is -0.513. The van der Waals surface area contributed by atoms with Crippen molar-refractivity contribution in [3.05, 3.63) is 22.2 Å². The van der Waals surface area contributed by atoms with Crippen LogP contribution in [-0.2, 0) is 9.53 Å². The summed E-state index contributed by atoms with van der Waals surface area (Å²) in [6.45, 7) is 1.33. The third-order valence-electron chi connectivity index (χ3n) is 2.45. The molecule has 1 fully saturated rings. The number of anilines is 1. The van der Waals surface area contributed by atoms with Crippen molar-refractivity contribution in [1.29, 1.82) is 0 Å². The summed E-state index contributed by atoms with van der Waals surface area (Å²) in [5, 5.41) is 11.4. The molecule has 2 rings (SSSR count). The lowest BCUT2D eigenvalue weighted by atomic mass is 10.2. The summed E-state index contributed by atoms with van der Waals surface area (Å²) >= 11 is 1.08. The van der Waals surface area contributed by atoms with Gasteiger partial charge in [-0.25, -0.2) is 0 Å². The van der Waals surface area contributed by atoms with E-state index < -0.39 is 16.9 Å². The van der Waals surface area contributed by atoms with Crippen LogP contribution in [0, 0.1) is 10.1 Å². The number of hydrogen-bond donors (Lipinski definition) is 1. The number of ether oxygens (including phenoxy) is 1. The van der Waals surface area contributed by atoms with Crippen LogP contribution in [0.15, 0.2) is 12.1 Å². The van der Waals surface area contributed by atoms with E-state index in [-0.39, 0.29) is 5.00 Å². The van der Waals surface area contributed by atoms with Crippen LogP contribution in [0.2, 0.25) is 0 Å². The number of carbonyl (C=O) groups is 1. The zero-order chi connectivity index (χ0) is 12.4. The Kier molecular flexibility index (Phi) is 3.25. The lowest BCUT2D eigenvalue weighted by Gasteiger charge is -2.31. The number of rotatable bonds is 3. The first kappa shape index (κ1) is 11.8. The van der Waals surface area contributed by atoms with Crippen LogP contribution >= 0.6 is 11.3 Å². The number of nitrogens with two attached hydrogens (primary N) is 1. The largest absolute Gasteiger partial charge is 0.367 e. The number of amides is 1. The molecule has 0 spiro atoms. The maximum atomic E-state index is 11.0. The van der Waals surface area contributed by atoms with Gasteiger partial charge in [0.1, 0.15) is 0 Å². The van der Waals surface area contributed by atoms with Crippen molar-refractivity contribution in [3.8, 4) is 0 Å². The van der Waals surface area contributed by atoms with Crippen LogP contribution in [0.4, 0.5) is 10.0 Å². The SMILES string of the molecule is NC(=O)[C@H]1CN(c2ccc([N+](=O)[O-])s2)CCO1. The zero-order valence-corrected chi connectivity index (χ0v) is 9.68. The number of primary amides is 1. The van der Waals surface area contributed by atoms with Crippen molar-refractivity contribution >= 4 is 27.2 Å². The second-order valence-corrected chi connectivity index (χ2v) is 4.62. The molecule has 8 heteroatoms. The molecule has 1 atom stereocenters. The molecule has 1 aromatic rings. The quantitative estimate of drug-likeness (QED) is 0.622. The van der Waals surface area contributed by atoms with Crippen LogP contribution in [0.5, 0.6) is 0 Å². The van der Waals surface area contributed by atoms with Gasteiger partial charge in [-0.15, -0.1) is 0 Å². The van der Waals surface area contributed by atoms with Crippen molar-refractivity contribution in [2.24, 2.45) is 5.73 Å². The molecule has 0 aliphatic carbocycles. The molecule has 1 aliphatic heterocycles. The van der Waals surface area contributed by atoms with Gasteiger partial charge in [-0.3, -0.25) is 14.9 Å². The van der Waals surface area contributed by atoms with Crippen LogP contribution in [-0.4, -0.2) is 36.6 Å². The molecule has 7 nitrogen and oxygen atoms in total. The Morgan fingerprint density at radius 2 is 2.41 bits per heavy atom. The van der Waals surface area contributed by atoms with Crippen LogP contribution in [0.3, 0.4) is 0 Å². The number of thiophene rings is 1. The maximum absolute atomic E-state index is 11.0. The predicted molar refractivity (Wildman–Crippen MR) is 62.1 cm³/mol. The summed E-state index contributed by atoms with van der Waals surface area (Å²) in [6.07, 6.45) is -0.648. The van der Waals surface area contributed by atoms with Crippen molar-refractivity contribution < 1.29 is 14.5 Å². The fourth-order valence-corrected chi connectivity index (χ4v) is 2.46. The van der Waals surface area contributed by atoms with Gasteiger partial charge >= 0.3 is 5.00 Å². The number of nitro groups is 1. The lowest BCUT2D eigenvalue weighted by molar-refractivity contribution is -0.380. The molecule has 92 valence electrons. The Balaban J connectivity index is 2.10. The van der Waals surface area contributed by atoms with E-state index in [1.165, 1.54) is 6.07 Å². The third-order valence-corrected chi connectivity index (χ3v) is 3.55. The minimum absolute atomic E-state index is 0.0853. The summed E-state index contributed by atoms with van der Waals surface area (Å²) < 4.78 is 5.20. The van der Waals surface area contributed by atoms with Gasteiger partial charge < -0.3 is 15.4 Å². The van der Waals surface area contributed by atoms with Gasteiger partial charge in [-0.05, 0) is 17.4 Å². The van der Waals surface area contributed by atoms with E-state index in [1.807, 2.05) is 4.90 Å². The van der Waals surface area contributed by atoms with Crippen molar-refractivity contribution in [3.63, 3.8) is 0 Å². The molecule has 17 heavy (non-hydrogen) atoms. The Labute approximate surface area is 101 Å². The van der Waals surface area contributed by atoms with Crippen LogP contribution in [0.1, 0.15) is 0 Å². The normalized spacial score (nSPS) is 20.2. The van der Waals surface area contributed by atoms with E-state index in [2.05, 4.69) is 0 Å². The van der Waals surface area contributed by atoms with E-state index in [0.29, 0.717) is 19.7 Å². The van der Waals surface area contributed by atoms with E-state index in [1.54, 1.807) is 6.07 Å². The second-order valence-electron chi connectivity index (χ2n) is 3.58. The highest BCUT2D eigenvalue weighted by atomic mass is 32.1. The molecular weight excluding hydrogens is 246 g/mol. The second kappa shape index (κ2) is 4.68. The predicted octanol–water partition coefficient (Wildman–Crippen LogP) is 0.347. The molecule has 1 amide bonds. The first-order valence-electron chi connectivity index (χ1n) is 4.98. The topological polar surface area (TPSA) is 98.7 Å². The summed E-state index contributed by atoms with van der Waals surface area (Å²) in [4.78, 5) is 23.0. The zero-order valence-electron chi connectivity index (χ0n) is 8.87. The number of nitrogens with zero attached hydrogens (tertiary/aromatic N) is 2. The van der Waals surface area contributed by atoms with Gasteiger partial charge in [0.15, 0.2) is 6.10 Å². The van der Waals surface area contributed by atoms with Crippen molar-refractivity contribution in [2.45, 2.75) is 6.10 Å². The molecule has 0 saturated carbocycles. The van der Waals surface area contributed by atoms with Gasteiger partial charge in [0.2, 0.25) is 5.91 Å². The minimum Gasteiger partial charge on any atom is -0.367 e. The number of carbonyl (C=O) groups excluding carboxylic acids is 1. The molecule has 2 heterocycles. The summed E-state index contributed by atoms with van der Waals surface area (Å²) in [5.41, 5.74) is 5.17. The maximum Gasteiger partial charge on any atom is 0.326 e. The number of morpholine rings is 1. The molecule has 0 bridgehead atoms. The van der Waals surface area contributed by atoms with E-state index in [0.717, 1.165) is 16.3 Å². The molecule has 1 saturated heterocycles. The average Bonchev–Trinajstić information content (AvgIpc) is 2.78. The summed E-state index contributed by atoms with van der Waals surface area (Å²) in [7, 11) is 0. The van der Waals surface area contributed by atoms with Gasteiger partial charge in [0.25, 0.3) is 0 Å². The Hall–Kier alpha value is -1.67. The average molecular weight is 257 g/mol. The fraction of sp³-hybridized carbons (Fsp3) is 0.444. The fourth-order valence-electron chi connectivity index (χ4n) is 1.61. The van der Waals surface area contributed by atoms with E-state index >= 15 is 0 Å². The molecule has 1 aliphatic rings. The molecule has 0 aromatic carbocycles. The van der Waals surface area contributed by atoms with Gasteiger partial charge in [0, 0.05) is 12.6 Å². The Morgan fingerprint density at radius 3 is 3.00 bits per heavy atom. The van der Waals surface area contributed by atoms with Gasteiger partial charge in [-0.1, -0.05) is 0 Å². The third kappa shape index (κ3) is 2.53. The monoisotopic (exact) mass is 257 g/mol. The van der Waals surface area contributed by atoms with Gasteiger partial charge in [-0.2, -0.15) is 0 Å². The van der Waals surface area contributed by atoms with E-state index in [9.17, 15) is 14.9 Å². The first-order chi connectivity index (χ1) is 8.08. The Bertz CT molecular complexity index is 447. The number of hydrogen-bond acceptors (Lipinski definition) is 6. The Morgan fingerprint density at radius 1 is 1.65 bits per heavy atom. The highest BCUT2D eigenvalue weighted by Gasteiger charge is 2.26. The van der Waals surface area contributed by atoms with E-state index in [4.69, 9.17) is 10.5 Å². The molecular formula is C9H11N3O4S. The van der Waals surface area contributed by atoms with Crippen LogP contribution in [0.25, 0.3) is 0 Å². The standard InChI is InChI=1S/C9H11N3O4S/c10-9(13)6-5-11(3-4-16-6)7-1-2-8(17-7)12(14)15/h1-2,6H,3-5H2,(H2,10,13)/t6-/m1/s1. The molecule has 2 N–H and O–H groups in total. The lowest BCUT2D eigenvalue weighted by Crippen LogP contribution is -2.48. The molecule has 1 aromatic heterocycles. The van der Waals surface area contributed by atoms with Crippen molar-refractivity contribution in [1.82, 2.24) is 0 Å². The molecule has 0 unspecified atom stereocenters. The highest BCUT2D eigenvalue weighted by molar-refractivity contribution is 7.19. The first-order valence-corrected chi connectivity index (χ1v) is 5.79.